The van der Waals surface area contributed by atoms with Gasteiger partial charge in [-0.3, -0.25) is 9.69 Å². The van der Waals surface area contributed by atoms with E-state index in [-0.39, 0.29) is 36.4 Å². The molecule has 27 heavy (non-hydrogen) atoms. The molecule has 1 aromatic rings. The zero-order valence-electron chi connectivity index (χ0n) is 15.7. The summed E-state index contributed by atoms with van der Waals surface area (Å²) in [7, 11) is 0. The molecule has 0 saturated carbocycles. The van der Waals surface area contributed by atoms with Crippen LogP contribution in [0.5, 0.6) is 0 Å². The standard InChI is InChI=1S/C19H29N5O2.HI/c20-19(21-8-4-9-23-11-13-26-14-12-23)22-15-18(25)24-10-3-6-16-5-1-2-7-17(16)24;/h1-2,5,7H,3-4,6,8-15H2,(H3,20,21,22);1H. The van der Waals surface area contributed by atoms with Gasteiger partial charge in [0.25, 0.3) is 0 Å². The molecule has 0 aliphatic carbocycles. The highest BCUT2D eigenvalue weighted by Gasteiger charge is 2.21. The lowest BCUT2D eigenvalue weighted by Crippen LogP contribution is -2.40. The van der Waals surface area contributed by atoms with Crippen molar-refractivity contribution in [3.8, 4) is 0 Å². The van der Waals surface area contributed by atoms with Crippen LogP contribution in [0, 0.1) is 0 Å². The minimum absolute atomic E-state index is 0. The number of carbonyl (C=O) groups excluding carboxylic acids is 1. The summed E-state index contributed by atoms with van der Waals surface area (Å²) >= 11 is 0. The van der Waals surface area contributed by atoms with Crippen molar-refractivity contribution >= 4 is 41.5 Å². The molecule has 3 rings (SSSR count). The normalized spacial score (nSPS) is 17.8. The van der Waals surface area contributed by atoms with E-state index in [0.717, 1.165) is 70.9 Å². The highest BCUT2D eigenvalue weighted by molar-refractivity contribution is 14.0. The molecule has 0 radical (unpaired) electrons. The Morgan fingerprint density at radius 2 is 2.00 bits per heavy atom. The van der Waals surface area contributed by atoms with E-state index in [1.807, 2.05) is 23.1 Å². The lowest BCUT2D eigenvalue weighted by atomic mass is 10.0. The van der Waals surface area contributed by atoms with Gasteiger partial charge < -0.3 is 20.7 Å². The van der Waals surface area contributed by atoms with Crippen LogP contribution in [0.2, 0.25) is 0 Å². The third kappa shape index (κ3) is 6.62. The first kappa shape index (κ1) is 21.9. The van der Waals surface area contributed by atoms with E-state index in [9.17, 15) is 4.79 Å². The van der Waals surface area contributed by atoms with E-state index in [2.05, 4.69) is 21.3 Å². The number of morpholine rings is 1. The molecule has 0 aromatic heterocycles. The van der Waals surface area contributed by atoms with Gasteiger partial charge in [0.15, 0.2) is 5.96 Å². The Morgan fingerprint density at radius 3 is 2.81 bits per heavy atom. The number of fused-ring (bicyclic) bond motifs is 1. The van der Waals surface area contributed by atoms with Crippen molar-refractivity contribution < 1.29 is 9.53 Å². The van der Waals surface area contributed by atoms with Gasteiger partial charge in [-0.15, -0.1) is 24.0 Å². The Bertz CT molecular complexity index is 634. The fraction of sp³-hybridized carbons (Fsp3) is 0.579. The second-order valence-corrected chi connectivity index (χ2v) is 6.71. The van der Waals surface area contributed by atoms with Crippen molar-refractivity contribution in [2.24, 2.45) is 10.7 Å². The van der Waals surface area contributed by atoms with Crippen LogP contribution in [0.3, 0.4) is 0 Å². The number of carbonyl (C=O) groups is 1. The summed E-state index contributed by atoms with van der Waals surface area (Å²) < 4.78 is 5.34. The minimum Gasteiger partial charge on any atom is -0.379 e. The van der Waals surface area contributed by atoms with E-state index in [1.54, 1.807) is 0 Å². The van der Waals surface area contributed by atoms with E-state index in [0.29, 0.717) is 5.96 Å². The van der Waals surface area contributed by atoms with Crippen LogP contribution in [-0.2, 0) is 16.0 Å². The molecule has 3 N–H and O–H groups in total. The number of hydrogen-bond acceptors (Lipinski definition) is 4. The lowest BCUT2D eigenvalue weighted by Gasteiger charge is -2.29. The molecule has 2 aliphatic heterocycles. The van der Waals surface area contributed by atoms with Gasteiger partial charge in [0, 0.05) is 31.9 Å². The molecular formula is C19H30IN5O2. The summed E-state index contributed by atoms with van der Waals surface area (Å²) in [5.41, 5.74) is 8.14. The summed E-state index contributed by atoms with van der Waals surface area (Å²) in [6.07, 6.45) is 3.00. The van der Waals surface area contributed by atoms with Crippen LogP contribution in [-0.4, -0.2) is 69.2 Å². The zero-order valence-corrected chi connectivity index (χ0v) is 18.1. The number of aryl methyl sites for hydroxylation is 1. The number of halogens is 1. The molecule has 0 bridgehead atoms. The topological polar surface area (TPSA) is 83.2 Å². The van der Waals surface area contributed by atoms with E-state index >= 15 is 0 Å². The number of nitrogens with two attached hydrogens (primary N) is 1. The minimum atomic E-state index is -0.00443. The molecule has 1 saturated heterocycles. The van der Waals surface area contributed by atoms with Gasteiger partial charge in [0.2, 0.25) is 5.91 Å². The van der Waals surface area contributed by atoms with Crippen molar-refractivity contribution in [3.05, 3.63) is 29.8 Å². The predicted octanol–water partition coefficient (Wildman–Crippen LogP) is 1.21. The maximum atomic E-state index is 12.5. The van der Waals surface area contributed by atoms with Gasteiger partial charge in [0.1, 0.15) is 6.54 Å². The van der Waals surface area contributed by atoms with Gasteiger partial charge >= 0.3 is 0 Å². The Balaban J connectivity index is 0.00000261. The van der Waals surface area contributed by atoms with Gasteiger partial charge in [-0.25, -0.2) is 4.99 Å². The monoisotopic (exact) mass is 487 g/mol. The predicted molar refractivity (Wildman–Crippen MR) is 119 cm³/mol. The maximum absolute atomic E-state index is 12.5. The van der Waals surface area contributed by atoms with Gasteiger partial charge in [-0.05, 0) is 37.4 Å². The smallest absolute Gasteiger partial charge is 0.248 e. The van der Waals surface area contributed by atoms with Crippen molar-refractivity contribution in [3.63, 3.8) is 0 Å². The number of para-hydroxylation sites is 1. The summed E-state index contributed by atoms with van der Waals surface area (Å²) in [5.74, 6) is 0.334. The molecule has 1 fully saturated rings. The van der Waals surface area contributed by atoms with Crippen LogP contribution in [0.25, 0.3) is 0 Å². The largest absolute Gasteiger partial charge is 0.379 e. The molecular weight excluding hydrogens is 457 g/mol. The number of nitrogens with one attached hydrogen (secondary N) is 1. The third-order valence-corrected chi connectivity index (χ3v) is 4.86. The summed E-state index contributed by atoms with van der Waals surface area (Å²) in [6.45, 7) is 6.23. The first-order valence-electron chi connectivity index (χ1n) is 9.46. The number of anilines is 1. The average molecular weight is 487 g/mol. The van der Waals surface area contributed by atoms with Gasteiger partial charge in [-0.1, -0.05) is 18.2 Å². The van der Waals surface area contributed by atoms with E-state index in [1.165, 1.54) is 5.56 Å². The summed E-state index contributed by atoms with van der Waals surface area (Å²) in [5, 5.41) is 3.10. The number of rotatable bonds is 6. The molecule has 150 valence electrons. The van der Waals surface area contributed by atoms with Crippen molar-refractivity contribution in [1.82, 2.24) is 10.2 Å². The summed E-state index contributed by atoms with van der Waals surface area (Å²) in [4.78, 5) is 20.9. The maximum Gasteiger partial charge on any atom is 0.248 e. The summed E-state index contributed by atoms with van der Waals surface area (Å²) in [6, 6.07) is 8.08. The quantitative estimate of drug-likeness (QED) is 0.273. The number of amides is 1. The fourth-order valence-corrected chi connectivity index (χ4v) is 3.43. The number of aliphatic imine (C=N–C) groups is 1. The van der Waals surface area contributed by atoms with Crippen molar-refractivity contribution in [2.75, 3.05) is 57.4 Å². The fourth-order valence-electron chi connectivity index (χ4n) is 3.43. The van der Waals surface area contributed by atoms with Crippen LogP contribution in [0.1, 0.15) is 18.4 Å². The Morgan fingerprint density at radius 1 is 1.22 bits per heavy atom. The van der Waals surface area contributed by atoms with Crippen molar-refractivity contribution in [2.45, 2.75) is 19.3 Å². The molecule has 1 aromatic carbocycles. The Labute approximate surface area is 178 Å². The number of guanidine groups is 1. The lowest BCUT2D eigenvalue weighted by molar-refractivity contribution is -0.117. The molecule has 2 aliphatic rings. The van der Waals surface area contributed by atoms with Crippen LogP contribution in [0.4, 0.5) is 5.69 Å². The number of benzene rings is 1. The zero-order chi connectivity index (χ0) is 18.2. The average Bonchev–Trinajstić information content (AvgIpc) is 2.70. The molecule has 0 unspecified atom stereocenters. The first-order chi connectivity index (χ1) is 12.7. The van der Waals surface area contributed by atoms with Crippen LogP contribution in [0.15, 0.2) is 29.3 Å². The second-order valence-electron chi connectivity index (χ2n) is 6.71. The van der Waals surface area contributed by atoms with E-state index < -0.39 is 0 Å². The molecule has 8 heteroatoms. The van der Waals surface area contributed by atoms with Crippen LogP contribution >= 0.6 is 24.0 Å². The Kier molecular flexibility index (Phi) is 9.29. The SMILES string of the molecule is I.NC(=NCC(=O)N1CCCc2ccccc21)NCCCN1CCOCC1. The van der Waals surface area contributed by atoms with Gasteiger partial charge in [0.05, 0.1) is 13.2 Å². The second kappa shape index (κ2) is 11.5. The molecule has 7 nitrogen and oxygen atoms in total. The number of nitrogens with zero attached hydrogens (tertiary/aromatic N) is 3. The highest BCUT2D eigenvalue weighted by Crippen LogP contribution is 2.26. The highest BCUT2D eigenvalue weighted by atomic mass is 127. The first-order valence-corrected chi connectivity index (χ1v) is 9.46. The van der Waals surface area contributed by atoms with Gasteiger partial charge in [-0.2, -0.15) is 0 Å². The molecule has 0 atom stereocenters. The van der Waals surface area contributed by atoms with Crippen LogP contribution < -0.4 is 16.0 Å². The number of ether oxygens (including phenoxy) is 1. The third-order valence-electron chi connectivity index (χ3n) is 4.86. The molecule has 0 spiro atoms. The molecule has 2 heterocycles. The molecule has 1 amide bonds. The van der Waals surface area contributed by atoms with Crippen molar-refractivity contribution in [1.29, 1.82) is 0 Å². The number of hydrogen-bond donors (Lipinski definition) is 2. The Hall–Kier alpha value is -1.39. The van der Waals surface area contributed by atoms with E-state index in [4.69, 9.17) is 10.5 Å².